The molecule has 0 bridgehead atoms. The normalized spacial score (nSPS) is 13.8. The van der Waals surface area contributed by atoms with Crippen LogP contribution in [-0.2, 0) is 22.7 Å². The second-order valence-corrected chi connectivity index (χ2v) is 8.14. The fourth-order valence-corrected chi connectivity index (χ4v) is 3.70. The van der Waals surface area contributed by atoms with Crippen molar-refractivity contribution < 1.29 is 14.3 Å². The van der Waals surface area contributed by atoms with Crippen LogP contribution in [-0.4, -0.2) is 44.2 Å². The highest BCUT2D eigenvalue weighted by atomic mass is 16.5. The summed E-state index contributed by atoms with van der Waals surface area (Å²) in [6, 6.07) is 26.2. The molecule has 3 aromatic rings. The molecule has 0 radical (unpaired) electrons. The van der Waals surface area contributed by atoms with Crippen molar-refractivity contribution in [1.82, 2.24) is 4.90 Å². The van der Waals surface area contributed by atoms with Gasteiger partial charge < -0.3 is 19.3 Å². The van der Waals surface area contributed by atoms with Crippen LogP contribution < -0.4 is 9.64 Å². The molecule has 1 fully saturated rings. The van der Waals surface area contributed by atoms with Gasteiger partial charge in [0, 0.05) is 38.4 Å². The average molecular weight is 443 g/mol. The van der Waals surface area contributed by atoms with Crippen molar-refractivity contribution in [3.8, 4) is 5.75 Å². The summed E-state index contributed by atoms with van der Waals surface area (Å²) in [5.41, 5.74) is 4.40. The van der Waals surface area contributed by atoms with Gasteiger partial charge in [0.25, 0.3) is 0 Å². The fraction of sp³-hybridized carbons (Fsp3) is 0.250. The Morgan fingerprint density at radius 1 is 0.939 bits per heavy atom. The van der Waals surface area contributed by atoms with Gasteiger partial charge in [-0.1, -0.05) is 54.6 Å². The Kier molecular flexibility index (Phi) is 7.77. The van der Waals surface area contributed by atoms with Crippen LogP contribution in [0.4, 0.5) is 5.69 Å². The highest BCUT2D eigenvalue weighted by molar-refractivity contribution is 5.91. The Morgan fingerprint density at radius 2 is 1.64 bits per heavy atom. The number of likely N-dealkylation sites (N-methyl/N-ethyl adjacent to an activating group) is 1. The van der Waals surface area contributed by atoms with Gasteiger partial charge in [-0.3, -0.25) is 4.79 Å². The molecule has 0 spiro atoms. The van der Waals surface area contributed by atoms with Crippen LogP contribution in [0.5, 0.6) is 5.75 Å². The molecule has 170 valence electrons. The maximum atomic E-state index is 12.6. The van der Waals surface area contributed by atoms with Crippen molar-refractivity contribution >= 4 is 17.7 Å². The van der Waals surface area contributed by atoms with E-state index in [-0.39, 0.29) is 5.91 Å². The number of carbonyl (C=O) groups is 1. The van der Waals surface area contributed by atoms with Crippen LogP contribution in [0.2, 0.25) is 0 Å². The van der Waals surface area contributed by atoms with Gasteiger partial charge in [0.1, 0.15) is 12.4 Å². The predicted octanol–water partition coefficient (Wildman–Crippen LogP) is 4.77. The lowest BCUT2D eigenvalue weighted by Gasteiger charge is -2.29. The lowest BCUT2D eigenvalue weighted by molar-refractivity contribution is -0.125. The number of nitrogens with zero attached hydrogens (tertiary/aromatic N) is 2. The van der Waals surface area contributed by atoms with E-state index in [1.807, 2.05) is 67.7 Å². The largest absolute Gasteiger partial charge is 0.489 e. The summed E-state index contributed by atoms with van der Waals surface area (Å²) in [5.74, 6) is 0.775. The van der Waals surface area contributed by atoms with Gasteiger partial charge in [0.05, 0.1) is 13.2 Å². The predicted molar refractivity (Wildman–Crippen MR) is 132 cm³/mol. The molecule has 0 atom stereocenters. The third kappa shape index (κ3) is 6.70. The Hall–Kier alpha value is -3.57. The minimum absolute atomic E-state index is 0.0309. The van der Waals surface area contributed by atoms with Crippen molar-refractivity contribution in [3.05, 3.63) is 102 Å². The number of carbonyl (C=O) groups excluding carboxylic acids is 1. The molecule has 1 amide bonds. The smallest absolute Gasteiger partial charge is 0.246 e. The van der Waals surface area contributed by atoms with E-state index in [1.165, 1.54) is 5.69 Å². The molecular weight excluding hydrogens is 412 g/mol. The highest BCUT2D eigenvalue weighted by Crippen LogP contribution is 2.18. The molecule has 0 saturated carbocycles. The third-order valence-corrected chi connectivity index (χ3v) is 5.66. The van der Waals surface area contributed by atoms with Gasteiger partial charge >= 0.3 is 0 Å². The zero-order chi connectivity index (χ0) is 22.9. The third-order valence-electron chi connectivity index (χ3n) is 5.66. The maximum absolute atomic E-state index is 12.6. The second-order valence-electron chi connectivity index (χ2n) is 8.14. The first kappa shape index (κ1) is 22.6. The van der Waals surface area contributed by atoms with Gasteiger partial charge in [0.2, 0.25) is 5.91 Å². The van der Waals surface area contributed by atoms with Crippen molar-refractivity contribution in [2.75, 3.05) is 38.3 Å². The Bertz CT molecular complexity index is 1040. The molecule has 0 aliphatic carbocycles. The van der Waals surface area contributed by atoms with Crippen LogP contribution in [0.15, 0.2) is 84.9 Å². The van der Waals surface area contributed by atoms with E-state index in [0.717, 1.165) is 48.7 Å². The molecule has 4 rings (SSSR count). The standard InChI is InChI=1S/C28H30N2O3/c1-29(21-24-7-12-26(13-8-24)30-17-19-32-20-18-30)28(31)16-11-23-9-14-27(15-10-23)33-22-25-5-3-2-4-6-25/h2-16H,17-22H2,1H3. The molecular formula is C28H30N2O3. The van der Waals surface area contributed by atoms with Gasteiger partial charge in [-0.15, -0.1) is 0 Å². The minimum atomic E-state index is -0.0309. The number of benzene rings is 3. The first-order chi connectivity index (χ1) is 16.2. The lowest BCUT2D eigenvalue weighted by atomic mass is 10.1. The Balaban J connectivity index is 1.26. The van der Waals surface area contributed by atoms with Crippen molar-refractivity contribution in [3.63, 3.8) is 0 Å². The van der Waals surface area contributed by atoms with E-state index < -0.39 is 0 Å². The second kappa shape index (κ2) is 11.3. The Labute approximate surface area is 195 Å². The van der Waals surface area contributed by atoms with Crippen molar-refractivity contribution in [1.29, 1.82) is 0 Å². The van der Waals surface area contributed by atoms with Crippen LogP contribution in [0.3, 0.4) is 0 Å². The molecule has 1 heterocycles. The van der Waals surface area contributed by atoms with E-state index in [4.69, 9.17) is 9.47 Å². The van der Waals surface area contributed by atoms with Crippen LogP contribution in [0, 0.1) is 0 Å². The van der Waals surface area contributed by atoms with E-state index in [9.17, 15) is 4.79 Å². The van der Waals surface area contributed by atoms with E-state index in [1.54, 1.807) is 11.0 Å². The summed E-state index contributed by atoms with van der Waals surface area (Å²) in [6.45, 7) is 4.49. The summed E-state index contributed by atoms with van der Waals surface area (Å²) in [5, 5.41) is 0. The SMILES string of the molecule is CN(Cc1ccc(N2CCOCC2)cc1)C(=O)C=Cc1ccc(OCc2ccccc2)cc1. The van der Waals surface area contributed by atoms with Crippen molar-refractivity contribution in [2.24, 2.45) is 0 Å². The highest BCUT2D eigenvalue weighted by Gasteiger charge is 2.11. The maximum Gasteiger partial charge on any atom is 0.246 e. The molecule has 0 aromatic heterocycles. The summed E-state index contributed by atoms with van der Waals surface area (Å²) >= 11 is 0. The molecule has 3 aromatic carbocycles. The first-order valence-corrected chi connectivity index (χ1v) is 11.3. The average Bonchev–Trinajstić information content (AvgIpc) is 2.88. The van der Waals surface area contributed by atoms with E-state index >= 15 is 0 Å². The van der Waals surface area contributed by atoms with Gasteiger partial charge in [-0.2, -0.15) is 0 Å². The number of amides is 1. The fourth-order valence-electron chi connectivity index (χ4n) is 3.70. The van der Waals surface area contributed by atoms with Gasteiger partial charge in [-0.05, 0) is 47.0 Å². The molecule has 33 heavy (non-hydrogen) atoms. The summed E-state index contributed by atoms with van der Waals surface area (Å²) in [4.78, 5) is 16.6. The van der Waals surface area contributed by atoms with Crippen LogP contribution in [0.25, 0.3) is 6.08 Å². The minimum Gasteiger partial charge on any atom is -0.489 e. The Morgan fingerprint density at radius 3 is 2.33 bits per heavy atom. The summed E-state index contributed by atoms with van der Waals surface area (Å²) in [7, 11) is 1.82. The lowest BCUT2D eigenvalue weighted by Crippen LogP contribution is -2.36. The molecule has 1 aliphatic heterocycles. The molecule has 5 nitrogen and oxygen atoms in total. The first-order valence-electron chi connectivity index (χ1n) is 11.3. The van der Waals surface area contributed by atoms with E-state index in [0.29, 0.717) is 13.2 Å². The van der Waals surface area contributed by atoms with Gasteiger partial charge in [-0.25, -0.2) is 0 Å². The molecule has 0 N–H and O–H groups in total. The molecule has 5 heteroatoms. The van der Waals surface area contributed by atoms with Crippen LogP contribution >= 0.6 is 0 Å². The van der Waals surface area contributed by atoms with Gasteiger partial charge in [0.15, 0.2) is 0 Å². The molecule has 1 aliphatic rings. The number of hydrogen-bond acceptors (Lipinski definition) is 4. The summed E-state index contributed by atoms with van der Waals surface area (Å²) < 4.78 is 11.2. The number of morpholine rings is 1. The number of anilines is 1. The number of hydrogen-bond donors (Lipinski definition) is 0. The zero-order valence-electron chi connectivity index (χ0n) is 19.0. The topological polar surface area (TPSA) is 42.0 Å². The monoisotopic (exact) mass is 442 g/mol. The summed E-state index contributed by atoms with van der Waals surface area (Å²) in [6.07, 6.45) is 3.45. The number of rotatable bonds is 8. The van der Waals surface area contributed by atoms with Crippen molar-refractivity contribution in [2.45, 2.75) is 13.2 Å². The zero-order valence-corrected chi connectivity index (χ0v) is 19.0. The van der Waals surface area contributed by atoms with E-state index in [2.05, 4.69) is 29.2 Å². The van der Waals surface area contributed by atoms with Crippen LogP contribution in [0.1, 0.15) is 16.7 Å². The quantitative estimate of drug-likeness (QED) is 0.471. The molecule has 1 saturated heterocycles. The molecule has 0 unspecified atom stereocenters. The number of ether oxygens (including phenoxy) is 2.